The van der Waals surface area contributed by atoms with E-state index < -0.39 is 96.8 Å². The van der Waals surface area contributed by atoms with Gasteiger partial charge in [-0.1, -0.05) is 0 Å². The minimum absolute atomic E-state index is 0.0340. The van der Waals surface area contributed by atoms with Crippen molar-refractivity contribution in [3.8, 4) is 0 Å². The minimum atomic E-state index is -1.67. The van der Waals surface area contributed by atoms with Gasteiger partial charge in [0.2, 0.25) is 6.29 Å². The minimum Gasteiger partial charge on any atom is -0.467 e. The summed E-state index contributed by atoms with van der Waals surface area (Å²) in [6.45, 7) is 1.26. The third-order valence-electron chi connectivity index (χ3n) is 9.43. The van der Waals surface area contributed by atoms with Gasteiger partial charge in [0.25, 0.3) is 0 Å². The topological polar surface area (TPSA) is 316 Å². The fourth-order valence-corrected chi connectivity index (χ4v) is 6.79. The van der Waals surface area contributed by atoms with Crippen molar-refractivity contribution in [2.75, 3.05) is 33.4 Å². The van der Waals surface area contributed by atoms with Gasteiger partial charge in [0, 0.05) is 31.8 Å². The molecule has 270 valence electrons. The molecule has 2 aliphatic heterocycles. The lowest BCUT2D eigenvalue weighted by Crippen LogP contribution is -2.67. The van der Waals surface area contributed by atoms with Crippen molar-refractivity contribution in [1.82, 2.24) is 10.6 Å². The number of nitrogens with two attached hydrogens (primary N) is 4. The number of rotatable bonds is 14. The van der Waals surface area contributed by atoms with E-state index in [9.17, 15) is 30.3 Å². The number of aliphatic hydroxyl groups excluding tert-OH is 4. The van der Waals surface area contributed by atoms with E-state index in [0.29, 0.717) is 12.2 Å². The van der Waals surface area contributed by atoms with Gasteiger partial charge in [0.15, 0.2) is 18.0 Å². The van der Waals surface area contributed by atoms with Crippen LogP contribution in [0.15, 0.2) is 16.8 Å². The van der Waals surface area contributed by atoms with Crippen LogP contribution in [0.5, 0.6) is 0 Å². The van der Waals surface area contributed by atoms with E-state index in [4.69, 9.17) is 47.0 Å². The molecule has 47 heavy (non-hydrogen) atoms. The summed E-state index contributed by atoms with van der Waals surface area (Å²) in [7, 11) is 1.57. The Balaban J connectivity index is 1.50. The van der Waals surface area contributed by atoms with Gasteiger partial charge in [-0.3, -0.25) is 9.79 Å². The average molecular weight is 676 g/mol. The number of carbonyl (C=O) groups excluding carboxylic acids is 1. The van der Waals surface area contributed by atoms with Crippen LogP contribution < -0.4 is 33.6 Å². The van der Waals surface area contributed by atoms with Gasteiger partial charge in [-0.2, -0.15) is 0 Å². The number of hydrogen-bond acceptors (Lipinski definition) is 16. The Hall–Kier alpha value is -2.04. The van der Waals surface area contributed by atoms with Crippen LogP contribution >= 0.6 is 0 Å². The Morgan fingerprint density at radius 1 is 1.13 bits per heavy atom. The third kappa shape index (κ3) is 8.96. The third-order valence-corrected chi connectivity index (χ3v) is 9.43. The number of hydrogen-bond donors (Lipinski definition) is 12. The van der Waals surface area contributed by atoms with E-state index >= 15 is 0 Å². The number of aliphatic hydroxyl groups is 6. The van der Waals surface area contributed by atoms with Gasteiger partial charge in [0.05, 0.1) is 50.1 Å². The molecule has 4 aliphatic rings. The summed E-state index contributed by atoms with van der Waals surface area (Å²) in [5.74, 6) is -0.891. The summed E-state index contributed by atoms with van der Waals surface area (Å²) in [6, 6.07) is -2.68. The summed E-state index contributed by atoms with van der Waals surface area (Å²) in [5, 5.41) is 68.9. The number of ether oxygens (including phenoxy) is 4. The normalized spacial score (nSPS) is 42.9. The molecule has 0 aromatic rings. The lowest BCUT2D eigenvalue weighted by molar-refractivity contribution is -0.308. The van der Waals surface area contributed by atoms with Crippen LogP contribution in [0.3, 0.4) is 0 Å². The first-order chi connectivity index (χ1) is 22.1. The lowest BCUT2D eigenvalue weighted by Gasteiger charge is -2.49. The first-order valence-electron chi connectivity index (χ1n) is 16.0. The second-order valence-corrected chi connectivity index (χ2v) is 13.4. The van der Waals surface area contributed by atoms with Gasteiger partial charge in [-0.05, 0) is 38.8 Å². The summed E-state index contributed by atoms with van der Waals surface area (Å²) in [5.41, 5.74) is 20.6. The summed E-state index contributed by atoms with van der Waals surface area (Å²) >= 11 is 0. The molecule has 12 atom stereocenters. The standard InChI is InChI=1S/C29H53N7O11/c1-28(42)12-44-26(21(41)24(28)34-2)46-22-13(6-19(39)29(43)7-14(8-29)36-27(32)33)5-18(31)23(20(22)40)47-25-17(30)4-3-16(45-25)10-35-9-15(38)11-37/h3,13-15,17-18,20-26,34-35,37-38,40-43H,4-12,30-31H2,1-2H3,(H4,32,33,36)/t13-,14?,15?,17+,18-,20+,21+,22-,23?,24+,25+,26+,28-,29?/m0/s1. The summed E-state index contributed by atoms with van der Waals surface area (Å²) in [6.07, 6.45) is -6.23. The number of ketones is 1. The number of nitrogens with one attached hydrogen (secondary N) is 2. The fourth-order valence-electron chi connectivity index (χ4n) is 6.79. The first kappa shape index (κ1) is 37.8. The second kappa shape index (κ2) is 15.7. The van der Waals surface area contributed by atoms with Gasteiger partial charge in [0.1, 0.15) is 35.3 Å². The zero-order valence-corrected chi connectivity index (χ0v) is 26.9. The highest BCUT2D eigenvalue weighted by atomic mass is 16.7. The van der Waals surface area contributed by atoms with Crippen molar-refractivity contribution in [2.45, 2.75) is 117 Å². The van der Waals surface area contributed by atoms with Crippen LogP contribution in [0.4, 0.5) is 0 Å². The van der Waals surface area contributed by atoms with Crippen molar-refractivity contribution < 1.29 is 54.4 Å². The molecule has 18 heteroatoms. The van der Waals surface area contributed by atoms with Crippen LogP contribution in [0.2, 0.25) is 0 Å². The molecule has 2 aliphatic carbocycles. The average Bonchev–Trinajstić information content (AvgIpc) is 2.98. The number of guanidine groups is 1. The van der Waals surface area contributed by atoms with Crippen molar-refractivity contribution in [1.29, 1.82) is 0 Å². The Morgan fingerprint density at radius 3 is 2.45 bits per heavy atom. The van der Waals surface area contributed by atoms with E-state index in [0.717, 1.165) is 0 Å². The molecular weight excluding hydrogens is 622 g/mol. The smallest absolute Gasteiger partial charge is 0.215 e. The monoisotopic (exact) mass is 675 g/mol. The number of nitrogens with zero attached hydrogens (tertiary/aromatic N) is 1. The molecule has 2 heterocycles. The van der Waals surface area contributed by atoms with E-state index in [2.05, 4.69) is 15.6 Å². The number of Topliss-reactive ketones (excluding diaryl/α,β-unsaturated/α-hetero) is 1. The molecule has 0 bridgehead atoms. The highest BCUT2D eigenvalue weighted by molar-refractivity contribution is 5.89. The van der Waals surface area contributed by atoms with E-state index in [1.807, 2.05) is 0 Å². The Kier molecular flexibility index (Phi) is 12.6. The molecule has 2 unspecified atom stereocenters. The molecule has 18 nitrogen and oxygen atoms in total. The molecule has 2 saturated carbocycles. The van der Waals surface area contributed by atoms with E-state index in [1.54, 1.807) is 13.1 Å². The molecule has 0 aromatic heterocycles. The Bertz CT molecular complexity index is 1120. The summed E-state index contributed by atoms with van der Waals surface area (Å²) in [4.78, 5) is 17.4. The highest BCUT2D eigenvalue weighted by Gasteiger charge is 2.54. The van der Waals surface area contributed by atoms with Crippen LogP contribution in [0.1, 0.15) is 39.0 Å². The largest absolute Gasteiger partial charge is 0.467 e. The van der Waals surface area contributed by atoms with Crippen LogP contribution in [0, 0.1) is 5.92 Å². The quantitative estimate of drug-likeness (QED) is 0.0603. The van der Waals surface area contributed by atoms with Crippen molar-refractivity contribution >= 4 is 11.7 Å². The van der Waals surface area contributed by atoms with Crippen molar-refractivity contribution in [3.63, 3.8) is 0 Å². The molecule has 16 N–H and O–H groups in total. The van der Waals surface area contributed by atoms with Gasteiger partial charge < -0.3 is 83.2 Å². The van der Waals surface area contributed by atoms with Gasteiger partial charge in [-0.25, -0.2) is 0 Å². The van der Waals surface area contributed by atoms with Gasteiger partial charge >= 0.3 is 0 Å². The lowest BCUT2D eigenvalue weighted by atomic mass is 9.69. The number of aliphatic imine (C=N–C) groups is 1. The fraction of sp³-hybridized carbons (Fsp3) is 0.862. The van der Waals surface area contributed by atoms with Crippen molar-refractivity contribution in [3.05, 3.63) is 11.8 Å². The maximum atomic E-state index is 13.4. The molecule has 0 radical (unpaired) electrons. The predicted octanol–water partition coefficient (Wildman–Crippen LogP) is -5.45. The first-order valence-corrected chi connectivity index (χ1v) is 16.0. The van der Waals surface area contributed by atoms with E-state index in [1.165, 1.54) is 6.92 Å². The van der Waals surface area contributed by atoms with Crippen LogP contribution in [-0.4, -0.2) is 154 Å². The SMILES string of the molecule is CN[C@@H]1[C@@H](O)[C@@H](O[C@H]2[C@H](CC(=O)C3(O)CC(N=C(N)N)C3)C[C@H](N)C(O[C@H]3OC(CNCC(O)CO)=CC[C@H]3N)[C@@H]2O)OC[C@]1(C)O. The maximum Gasteiger partial charge on any atom is 0.215 e. The second-order valence-electron chi connectivity index (χ2n) is 13.4. The van der Waals surface area contributed by atoms with Crippen LogP contribution in [-0.2, 0) is 23.7 Å². The zero-order chi connectivity index (χ0) is 34.7. The molecule has 0 spiro atoms. The Labute approximate surface area is 273 Å². The molecule has 3 fully saturated rings. The molecule has 0 amide bonds. The maximum absolute atomic E-state index is 13.4. The molecule has 0 aromatic carbocycles. The van der Waals surface area contributed by atoms with Crippen molar-refractivity contribution in [2.24, 2.45) is 33.8 Å². The zero-order valence-electron chi connectivity index (χ0n) is 26.9. The van der Waals surface area contributed by atoms with Crippen LogP contribution in [0.25, 0.3) is 0 Å². The van der Waals surface area contributed by atoms with E-state index in [-0.39, 0.29) is 51.3 Å². The Morgan fingerprint density at radius 2 is 1.81 bits per heavy atom. The molecule has 4 rings (SSSR count). The highest BCUT2D eigenvalue weighted by Crippen LogP contribution is 2.41. The number of carbonyl (C=O) groups is 1. The molecular formula is C29H53N7O11. The molecule has 1 saturated heterocycles. The van der Waals surface area contributed by atoms with Gasteiger partial charge in [-0.15, -0.1) is 0 Å². The summed E-state index contributed by atoms with van der Waals surface area (Å²) < 4.78 is 24.0. The number of likely N-dealkylation sites (N-methyl/N-ethyl adjacent to an activating group) is 1. The predicted molar refractivity (Wildman–Crippen MR) is 166 cm³/mol.